The van der Waals surface area contributed by atoms with E-state index in [0.29, 0.717) is 5.92 Å². The van der Waals surface area contributed by atoms with Gasteiger partial charge in [-0.15, -0.1) is 11.3 Å². The normalized spacial score (nSPS) is 15.5. The Hall–Kier alpha value is -2.32. The second-order valence-corrected chi connectivity index (χ2v) is 6.51. The molecule has 1 aliphatic heterocycles. The van der Waals surface area contributed by atoms with Crippen LogP contribution in [0.3, 0.4) is 0 Å². The Morgan fingerprint density at radius 2 is 2.22 bits per heavy atom. The molecule has 8 heteroatoms. The molecule has 0 aliphatic carbocycles. The van der Waals surface area contributed by atoms with Crippen LogP contribution in [-0.4, -0.2) is 42.9 Å². The van der Waals surface area contributed by atoms with E-state index in [2.05, 4.69) is 35.1 Å². The molecule has 2 N–H and O–H groups in total. The van der Waals surface area contributed by atoms with Gasteiger partial charge in [-0.1, -0.05) is 0 Å². The van der Waals surface area contributed by atoms with Crippen LogP contribution >= 0.6 is 11.3 Å². The Bertz CT molecular complexity index is 763. The zero-order valence-corrected chi connectivity index (χ0v) is 13.5. The van der Waals surface area contributed by atoms with Crippen molar-refractivity contribution in [2.24, 2.45) is 0 Å². The summed E-state index contributed by atoms with van der Waals surface area (Å²) in [6.07, 6.45) is 5.42. The van der Waals surface area contributed by atoms with Crippen LogP contribution in [0.2, 0.25) is 0 Å². The highest BCUT2D eigenvalue weighted by molar-refractivity contribution is 7.13. The van der Waals surface area contributed by atoms with E-state index in [9.17, 15) is 0 Å². The van der Waals surface area contributed by atoms with Gasteiger partial charge in [0.15, 0.2) is 5.13 Å². The van der Waals surface area contributed by atoms with Crippen molar-refractivity contribution in [1.82, 2.24) is 29.8 Å². The molecule has 0 atom stereocenters. The number of imidazole rings is 1. The van der Waals surface area contributed by atoms with Gasteiger partial charge < -0.3 is 10.3 Å². The monoisotopic (exact) mass is 327 g/mol. The first-order valence-electron chi connectivity index (χ1n) is 7.49. The van der Waals surface area contributed by atoms with E-state index in [4.69, 9.17) is 0 Å². The van der Waals surface area contributed by atoms with E-state index in [0.717, 1.165) is 47.9 Å². The third kappa shape index (κ3) is 3.22. The van der Waals surface area contributed by atoms with Crippen molar-refractivity contribution in [2.45, 2.75) is 19.4 Å². The summed E-state index contributed by atoms with van der Waals surface area (Å²) >= 11 is 1.56. The second kappa shape index (κ2) is 6.05. The molecule has 0 saturated carbocycles. The smallest absolute Gasteiger partial charge is 0.188 e. The van der Waals surface area contributed by atoms with E-state index in [1.54, 1.807) is 23.7 Å². The average Bonchev–Trinajstić information content (AvgIpc) is 3.15. The number of thiazole rings is 1. The van der Waals surface area contributed by atoms with Crippen molar-refractivity contribution in [2.75, 3.05) is 18.4 Å². The highest BCUT2D eigenvalue weighted by atomic mass is 32.1. The SMILES string of the molecule is Cc1nc(Nc2nccs2)cc(C2CN(Cc3ncc[nH]3)C2)n1. The molecule has 3 aromatic rings. The van der Waals surface area contributed by atoms with Crippen LogP contribution in [0.25, 0.3) is 0 Å². The standard InChI is InChI=1S/C15H17N7S/c1-10-19-12(6-13(20-10)21-15-18-4-5-23-15)11-7-22(8-11)9-14-16-2-3-17-14/h2-6,11H,7-9H2,1H3,(H,16,17)(H,18,19,20,21). The van der Waals surface area contributed by atoms with E-state index < -0.39 is 0 Å². The minimum atomic E-state index is 0.448. The zero-order valence-electron chi connectivity index (χ0n) is 12.7. The van der Waals surface area contributed by atoms with Gasteiger partial charge in [-0.3, -0.25) is 4.90 Å². The number of H-pyrrole nitrogens is 1. The fourth-order valence-electron chi connectivity index (χ4n) is 2.74. The van der Waals surface area contributed by atoms with Gasteiger partial charge in [-0.25, -0.2) is 19.9 Å². The number of rotatable bonds is 5. The van der Waals surface area contributed by atoms with E-state index >= 15 is 0 Å². The number of aromatic nitrogens is 5. The molecule has 1 fully saturated rings. The van der Waals surface area contributed by atoms with E-state index in [1.165, 1.54) is 0 Å². The summed E-state index contributed by atoms with van der Waals surface area (Å²) in [5.41, 5.74) is 1.09. The molecular weight excluding hydrogens is 310 g/mol. The van der Waals surface area contributed by atoms with Gasteiger partial charge >= 0.3 is 0 Å². The average molecular weight is 327 g/mol. The molecule has 4 rings (SSSR count). The number of nitrogens with one attached hydrogen (secondary N) is 2. The van der Waals surface area contributed by atoms with Crippen molar-refractivity contribution in [3.05, 3.63) is 47.4 Å². The second-order valence-electron chi connectivity index (χ2n) is 5.61. The molecule has 7 nitrogen and oxygen atoms in total. The molecule has 23 heavy (non-hydrogen) atoms. The summed E-state index contributed by atoms with van der Waals surface area (Å²) in [5.74, 6) is 3.05. The third-order valence-corrected chi connectivity index (χ3v) is 4.52. The lowest BCUT2D eigenvalue weighted by molar-refractivity contribution is 0.134. The van der Waals surface area contributed by atoms with Crippen molar-refractivity contribution in [3.8, 4) is 0 Å². The maximum atomic E-state index is 4.60. The van der Waals surface area contributed by atoms with Crippen LogP contribution in [-0.2, 0) is 6.54 Å². The maximum Gasteiger partial charge on any atom is 0.188 e. The van der Waals surface area contributed by atoms with Crippen LogP contribution in [0.5, 0.6) is 0 Å². The topological polar surface area (TPSA) is 82.6 Å². The molecule has 0 bridgehead atoms. The summed E-state index contributed by atoms with van der Waals surface area (Å²) in [6, 6.07) is 2.03. The van der Waals surface area contributed by atoms with Crippen molar-refractivity contribution in [1.29, 1.82) is 0 Å². The first-order valence-corrected chi connectivity index (χ1v) is 8.37. The molecule has 4 heterocycles. The van der Waals surface area contributed by atoms with Gasteiger partial charge in [0, 0.05) is 49.0 Å². The number of aryl methyl sites for hydroxylation is 1. The summed E-state index contributed by atoms with van der Waals surface area (Å²) < 4.78 is 0. The van der Waals surface area contributed by atoms with Gasteiger partial charge in [0.05, 0.1) is 12.2 Å². The minimum absolute atomic E-state index is 0.448. The van der Waals surface area contributed by atoms with Gasteiger partial charge in [0.2, 0.25) is 0 Å². The number of nitrogens with zero attached hydrogens (tertiary/aromatic N) is 5. The Labute approximate surface area is 137 Å². The fourth-order valence-corrected chi connectivity index (χ4v) is 3.28. The molecule has 0 radical (unpaired) electrons. The van der Waals surface area contributed by atoms with Crippen LogP contribution < -0.4 is 5.32 Å². The third-order valence-electron chi connectivity index (χ3n) is 3.83. The highest BCUT2D eigenvalue weighted by Gasteiger charge is 2.30. The quantitative estimate of drug-likeness (QED) is 0.748. The molecule has 0 unspecified atom stereocenters. The summed E-state index contributed by atoms with van der Waals surface area (Å²) in [7, 11) is 0. The number of hydrogen-bond acceptors (Lipinski definition) is 7. The van der Waals surface area contributed by atoms with Gasteiger partial charge in [-0.05, 0) is 6.92 Å². The molecule has 1 saturated heterocycles. The largest absolute Gasteiger partial charge is 0.348 e. The Morgan fingerprint density at radius 1 is 1.30 bits per heavy atom. The van der Waals surface area contributed by atoms with Crippen LogP contribution in [0, 0.1) is 6.92 Å². The first kappa shape index (κ1) is 14.3. The lowest BCUT2D eigenvalue weighted by Gasteiger charge is -2.38. The summed E-state index contributed by atoms with van der Waals surface area (Å²) in [4.78, 5) is 23.0. The van der Waals surface area contributed by atoms with E-state index in [-0.39, 0.29) is 0 Å². The highest BCUT2D eigenvalue weighted by Crippen LogP contribution is 2.28. The lowest BCUT2D eigenvalue weighted by Crippen LogP contribution is -2.44. The van der Waals surface area contributed by atoms with Crippen LogP contribution in [0.1, 0.15) is 23.3 Å². The van der Waals surface area contributed by atoms with Gasteiger partial charge in [-0.2, -0.15) is 0 Å². The molecule has 1 aliphatic rings. The first-order chi connectivity index (χ1) is 11.3. The van der Waals surface area contributed by atoms with Gasteiger partial charge in [0.1, 0.15) is 17.5 Å². The predicted molar refractivity (Wildman–Crippen MR) is 88.8 cm³/mol. The van der Waals surface area contributed by atoms with Crippen LogP contribution in [0.4, 0.5) is 10.9 Å². The maximum absolute atomic E-state index is 4.60. The van der Waals surface area contributed by atoms with Crippen molar-refractivity contribution >= 4 is 22.3 Å². The van der Waals surface area contributed by atoms with Crippen molar-refractivity contribution < 1.29 is 0 Å². The number of likely N-dealkylation sites (tertiary alicyclic amines) is 1. The molecular formula is C15H17N7S. The van der Waals surface area contributed by atoms with E-state index in [1.807, 2.05) is 24.6 Å². The van der Waals surface area contributed by atoms with Gasteiger partial charge in [0.25, 0.3) is 0 Å². The molecule has 3 aromatic heterocycles. The zero-order chi connectivity index (χ0) is 15.6. The summed E-state index contributed by atoms with van der Waals surface area (Å²) in [5, 5.41) is 6.03. The van der Waals surface area contributed by atoms with Crippen LogP contribution in [0.15, 0.2) is 30.0 Å². The Balaban J connectivity index is 1.42. The Kier molecular flexibility index (Phi) is 3.76. The Morgan fingerprint density at radius 3 is 2.96 bits per heavy atom. The number of hydrogen-bond donors (Lipinski definition) is 2. The number of anilines is 2. The predicted octanol–water partition coefficient (Wildman–Crippen LogP) is 2.31. The summed E-state index contributed by atoms with van der Waals surface area (Å²) in [6.45, 7) is 4.77. The molecule has 0 amide bonds. The lowest BCUT2D eigenvalue weighted by atomic mass is 9.96. The minimum Gasteiger partial charge on any atom is -0.348 e. The molecule has 0 aromatic carbocycles. The molecule has 0 spiro atoms. The fraction of sp³-hybridized carbons (Fsp3) is 0.333. The number of aromatic amines is 1. The van der Waals surface area contributed by atoms with Crippen molar-refractivity contribution in [3.63, 3.8) is 0 Å². The molecule has 118 valence electrons.